The van der Waals surface area contributed by atoms with Gasteiger partial charge in [0, 0.05) is 21.8 Å². The number of hydrogen-bond acceptors (Lipinski definition) is 2. The van der Waals surface area contributed by atoms with Gasteiger partial charge in [-0.2, -0.15) is 0 Å². The molecule has 0 saturated heterocycles. The van der Waals surface area contributed by atoms with Crippen LogP contribution >= 0.6 is 23.2 Å². The second-order valence-electron chi connectivity index (χ2n) is 3.28. The molecule has 0 heterocycles. The molecule has 0 amide bonds. The van der Waals surface area contributed by atoms with Crippen LogP contribution in [0.2, 0.25) is 10.0 Å². The number of nitrogens with two attached hydrogens (primary N) is 1. The maximum Gasteiger partial charge on any atom is 0.130 e. The zero-order chi connectivity index (χ0) is 11.5. The van der Waals surface area contributed by atoms with Crippen LogP contribution in [0.15, 0.2) is 42.5 Å². The Morgan fingerprint density at radius 3 is 2.19 bits per heavy atom. The molecule has 0 aliphatic rings. The standard InChI is InChI=1S/C12H9Cl2NO/c13-8-4-9(14)6-12(5-8)16-11-3-1-2-10(15)7-11/h1-7H,15H2. The smallest absolute Gasteiger partial charge is 0.130 e. The van der Waals surface area contributed by atoms with Gasteiger partial charge in [0.25, 0.3) is 0 Å². The Bertz CT molecular complexity index is 494. The maximum atomic E-state index is 5.86. The van der Waals surface area contributed by atoms with Gasteiger partial charge in [-0.1, -0.05) is 29.3 Å². The van der Waals surface area contributed by atoms with E-state index < -0.39 is 0 Å². The Kier molecular flexibility index (Phi) is 3.22. The van der Waals surface area contributed by atoms with Gasteiger partial charge in [-0.15, -0.1) is 0 Å². The minimum Gasteiger partial charge on any atom is -0.457 e. The topological polar surface area (TPSA) is 35.2 Å². The normalized spacial score (nSPS) is 10.1. The number of anilines is 1. The summed E-state index contributed by atoms with van der Waals surface area (Å²) in [7, 11) is 0. The van der Waals surface area contributed by atoms with Gasteiger partial charge in [0.1, 0.15) is 11.5 Å². The van der Waals surface area contributed by atoms with Crippen LogP contribution in [-0.4, -0.2) is 0 Å². The predicted octanol–water partition coefficient (Wildman–Crippen LogP) is 4.37. The Balaban J connectivity index is 2.27. The molecule has 82 valence electrons. The van der Waals surface area contributed by atoms with Gasteiger partial charge < -0.3 is 10.5 Å². The Morgan fingerprint density at radius 1 is 0.875 bits per heavy atom. The highest BCUT2D eigenvalue weighted by atomic mass is 35.5. The van der Waals surface area contributed by atoms with Crippen molar-refractivity contribution < 1.29 is 4.74 Å². The summed E-state index contributed by atoms with van der Waals surface area (Å²) >= 11 is 11.7. The van der Waals surface area contributed by atoms with Crippen LogP contribution in [0.5, 0.6) is 11.5 Å². The second-order valence-corrected chi connectivity index (χ2v) is 4.15. The molecule has 2 N–H and O–H groups in total. The SMILES string of the molecule is Nc1cccc(Oc2cc(Cl)cc(Cl)c2)c1. The summed E-state index contributed by atoms with van der Waals surface area (Å²) in [6, 6.07) is 12.2. The molecule has 2 aromatic carbocycles. The first-order valence-electron chi connectivity index (χ1n) is 4.63. The minimum absolute atomic E-state index is 0.534. The van der Waals surface area contributed by atoms with Crippen LogP contribution in [0.25, 0.3) is 0 Å². The van der Waals surface area contributed by atoms with E-state index in [1.54, 1.807) is 30.3 Å². The van der Waals surface area contributed by atoms with Crippen molar-refractivity contribution in [2.45, 2.75) is 0 Å². The van der Waals surface area contributed by atoms with E-state index in [2.05, 4.69) is 0 Å². The highest BCUT2D eigenvalue weighted by Gasteiger charge is 2.01. The van der Waals surface area contributed by atoms with Crippen LogP contribution < -0.4 is 10.5 Å². The molecule has 0 spiro atoms. The predicted molar refractivity (Wildman–Crippen MR) is 67.4 cm³/mol. The third kappa shape index (κ3) is 2.81. The second kappa shape index (κ2) is 4.64. The molecule has 0 aromatic heterocycles. The molecule has 0 saturated carbocycles. The molecule has 0 atom stereocenters. The van der Waals surface area contributed by atoms with E-state index >= 15 is 0 Å². The van der Waals surface area contributed by atoms with E-state index in [9.17, 15) is 0 Å². The van der Waals surface area contributed by atoms with E-state index in [0.717, 1.165) is 0 Å². The van der Waals surface area contributed by atoms with Crippen LogP contribution in [0.1, 0.15) is 0 Å². The quantitative estimate of drug-likeness (QED) is 0.807. The van der Waals surface area contributed by atoms with E-state index in [-0.39, 0.29) is 0 Å². The largest absolute Gasteiger partial charge is 0.457 e. The number of hydrogen-bond donors (Lipinski definition) is 1. The van der Waals surface area contributed by atoms with Crippen molar-refractivity contribution in [3.05, 3.63) is 52.5 Å². The van der Waals surface area contributed by atoms with Crippen molar-refractivity contribution >= 4 is 28.9 Å². The van der Waals surface area contributed by atoms with Gasteiger partial charge in [0.05, 0.1) is 0 Å². The Morgan fingerprint density at radius 2 is 1.56 bits per heavy atom. The van der Waals surface area contributed by atoms with Crippen molar-refractivity contribution in [2.24, 2.45) is 0 Å². The lowest BCUT2D eigenvalue weighted by Gasteiger charge is -2.07. The molecular weight excluding hydrogens is 245 g/mol. The monoisotopic (exact) mass is 253 g/mol. The number of halogens is 2. The third-order valence-electron chi connectivity index (χ3n) is 1.93. The fourth-order valence-corrected chi connectivity index (χ4v) is 1.81. The average molecular weight is 254 g/mol. The van der Waals surface area contributed by atoms with Crippen molar-refractivity contribution in [2.75, 3.05) is 5.73 Å². The molecule has 16 heavy (non-hydrogen) atoms. The molecular formula is C12H9Cl2NO. The number of rotatable bonds is 2. The zero-order valence-corrected chi connectivity index (χ0v) is 9.79. The van der Waals surface area contributed by atoms with Crippen LogP contribution in [-0.2, 0) is 0 Å². The first-order chi connectivity index (χ1) is 7.63. The molecule has 2 nitrogen and oxygen atoms in total. The highest BCUT2D eigenvalue weighted by Crippen LogP contribution is 2.28. The van der Waals surface area contributed by atoms with E-state index in [1.807, 2.05) is 12.1 Å². The summed E-state index contributed by atoms with van der Waals surface area (Å²) < 4.78 is 5.57. The van der Waals surface area contributed by atoms with Crippen LogP contribution in [0.4, 0.5) is 5.69 Å². The summed E-state index contributed by atoms with van der Waals surface area (Å²) in [4.78, 5) is 0. The van der Waals surface area contributed by atoms with Crippen molar-refractivity contribution in [3.8, 4) is 11.5 Å². The first kappa shape index (κ1) is 11.1. The first-order valence-corrected chi connectivity index (χ1v) is 5.38. The van der Waals surface area contributed by atoms with Crippen molar-refractivity contribution in [1.82, 2.24) is 0 Å². The Hall–Kier alpha value is -1.38. The van der Waals surface area contributed by atoms with Gasteiger partial charge >= 0.3 is 0 Å². The summed E-state index contributed by atoms with van der Waals surface area (Å²) in [6.45, 7) is 0. The van der Waals surface area contributed by atoms with Gasteiger partial charge in [-0.25, -0.2) is 0 Å². The molecule has 0 radical (unpaired) electrons. The molecule has 2 aromatic rings. The summed E-state index contributed by atoms with van der Waals surface area (Å²) in [5.74, 6) is 1.24. The van der Waals surface area contributed by atoms with Crippen molar-refractivity contribution in [1.29, 1.82) is 0 Å². The van der Waals surface area contributed by atoms with Crippen molar-refractivity contribution in [3.63, 3.8) is 0 Å². The summed E-state index contributed by atoms with van der Waals surface area (Å²) in [6.07, 6.45) is 0. The lowest BCUT2D eigenvalue weighted by molar-refractivity contribution is 0.483. The third-order valence-corrected chi connectivity index (χ3v) is 2.37. The fourth-order valence-electron chi connectivity index (χ4n) is 1.30. The molecule has 0 bridgehead atoms. The summed E-state index contributed by atoms with van der Waals surface area (Å²) in [5, 5.41) is 1.07. The van der Waals surface area contributed by atoms with Gasteiger partial charge in [0.2, 0.25) is 0 Å². The van der Waals surface area contributed by atoms with Crippen LogP contribution in [0.3, 0.4) is 0 Å². The molecule has 0 aliphatic heterocycles. The number of benzene rings is 2. The Labute approximate surface area is 104 Å². The number of ether oxygens (including phenoxy) is 1. The van der Waals surface area contributed by atoms with Crippen LogP contribution in [0, 0.1) is 0 Å². The summed E-state index contributed by atoms with van der Waals surface area (Å²) in [5.41, 5.74) is 6.28. The zero-order valence-electron chi connectivity index (χ0n) is 8.28. The van der Waals surface area contributed by atoms with Gasteiger partial charge in [-0.05, 0) is 30.3 Å². The molecule has 2 rings (SSSR count). The maximum absolute atomic E-state index is 5.86. The minimum atomic E-state index is 0.534. The van der Waals surface area contributed by atoms with Gasteiger partial charge in [0.15, 0.2) is 0 Å². The number of nitrogen functional groups attached to an aromatic ring is 1. The highest BCUT2D eigenvalue weighted by molar-refractivity contribution is 6.34. The molecule has 0 fully saturated rings. The van der Waals surface area contributed by atoms with Gasteiger partial charge in [-0.3, -0.25) is 0 Å². The lowest BCUT2D eigenvalue weighted by atomic mass is 10.3. The van der Waals surface area contributed by atoms with E-state index in [4.69, 9.17) is 33.7 Å². The lowest BCUT2D eigenvalue weighted by Crippen LogP contribution is -1.87. The molecule has 4 heteroatoms. The van der Waals surface area contributed by atoms with E-state index in [1.165, 1.54) is 0 Å². The average Bonchev–Trinajstić information content (AvgIpc) is 2.15. The molecule has 0 aliphatic carbocycles. The fraction of sp³-hybridized carbons (Fsp3) is 0. The van der Waals surface area contributed by atoms with E-state index in [0.29, 0.717) is 27.2 Å². The molecule has 0 unspecified atom stereocenters.